The summed E-state index contributed by atoms with van der Waals surface area (Å²) in [4.78, 5) is 18.2. The van der Waals surface area contributed by atoms with Crippen molar-refractivity contribution in [1.29, 1.82) is 0 Å². The van der Waals surface area contributed by atoms with Crippen molar-refractivity contribution in [1.82, 2.24) is 34.3 Å². The maximum Gasteiger partial charge on any atom is 0.211 e. The highest BCUT2D eigenvalue weighted by Gasteiger charge is 2.36. The summed E-state index contributed by atoms with van der Waals surface area (Å²) in [6.07, 6.45) is 4.02. The van der Waals surface area contributed by atoms with E-state index in [1.165, 1.54) is 11.2 Å². The summed E-state index contributed by atoms with van der Waals surface area (Å²) in [7, 11) is 0.751. The number of likely N-dealkylation sites (N-methyl/N-ethyl adjacent to an activating group) is 1. The van der Waals surface area contributed by atoms with Crippen molar-refractivity contribution in [2.75, 3.05) is 84.3 Å². The smallest absolute Gasteiger partial charge is 0.211 e. The average Bonchev–Trinajstić information content (AvgIpc) is 3.54. The zero-order chi connectivity index (χ0) is 27.1. The Labute approximate surface area is 234 Å². The number of nitrogens with one attached hydrogen (secondary N) is 1. The number of fused-ring (bicyclic) bond motifs is 2. The van der Waals surface area contributed by atoms with E-state index in [0.29, 0.717) is 31.6 Å². The molecular formula is C26H36N8O3S2. The fourth-order valence-electron chi connectivity index (χ4n) is 5.91. The van der Waals surface area contributed by atoms with E-state index < -0.39 is 10.0 Å². The van der Waals surface area contributed by atoms with Gasteiger partial charge in [-0.15, -0.1) is 11.8 Å². The van der Waals surface area contributed by atoms with Crippen LogP contribution in [0.3, 0.4) is 0 Å². The molecule has 2 aromatic heterocycles. The molecule has 0 spiro atoms. The topological polar surface area (TPSA) is 111 Å². The first-order valence-electron chi connectivity index (χ1n) is 13.4. The van der Waals surface area contributed by atoms with Crippen molar-refractivity contribution in [3.05, 3.63) is 30.1 Å². The van der Waals surface area contributed by atoms with Gasteiger partial charge in [-0.05, 0) is 20.2 Å². The van der Waals surface area contributed by atoms with Crippen LogP contribution < -0.4 is 4.90 Å². The molecule has 2 fully saturated rings. The number of aromatic nitrogens is 4. The molecule has 13 heteroatoms. The quantitative estimate of drug-likeness (QED) is 0.446. The van der Waals surface area contributed by atoms with E-state index >= 15 is 0 Å². The maximum absolute atomic E-state index is 12.4. The minimum atomic E-state index is -3.24. The summed E-state index contributed by atoms with van der Waals surface area (Å²) in [6.45, 7) is 6.59. The largest absolute Gasteiger partial charge is 0.378 e. The van der Waals surface area contributed by atoms with Crippen molar-refractivity contribution in [2.24, 2.45) is 0 Å². The Morgan fingerprint density at radius 2 is 1.97 bits per heavy atom. The number of rotatable bonds is 7. The maximum atomic E-state index is 12.4. The van der Waals surface area contributed by atoms with Crippen LogP contribution in [0.2, 0.25) is 0 Å². The van der Waals surface area contributed by atoms with Crippen LogP contribution >= 0.6 is 11.8 Å². The summed E-state index contributed by atoms with van der Waals surface area (Å²) < 4.78 is 32.2. The number of morpholine rings is 1. The van der Waals surface area contributed by atoms with Gasteiger partial charge in [0, 0.05) is 68.4 Å². The van der Waals surface area contributed by atoms with Crippen molar-refractivity contribution in [3.63, 3.8) is 0 Å². The SMILES string of the molecule is CN(C)CC1CN(CC2Cc3nc(-c4cccc5[nH]ncc45)nc(N4CCOCC4)c3S2)CCN1S(C)(=O)=O. The Morgan fingerprint density at radius 1 is 1.15 bits per heavy atom. The number of H-pyrrole nitrogens is 1. The van der Waals surface area contributed by atoms with Crippen molar-refractivity contribution in [2.45, 2.75) is 22.6 Å². The number of piperazine rings is 1. The van der Waals surface area contributed by atoms with E-state index in [9.17, 15) is 8.42 Å². The zero-order valence-corrected chi connectivity index (χ0v) is 24.3. The Kier molecular flexibility index (Phi) is 7.55. The third-order valence-electron chi connectivity index (χ3n) is 7.64. The molecule has 3 aliphatic heterocycles. The molecule has 11 nitrogen and oxygen atoms in total. The average molecular weight is 573 g/mol. The minimum Gasteiger partial charge on any atom is -0.378 e. The summed E-state index contributed by atoms with van der Waals surface area (Å²) in [6, 6.07) is 6.04. The molecule has 210 valence electrons. The Balaban J connectivity index is 1.26. The molecule has 5 heterocycles. The van der Waals surface area contributed by atoms with Gasteiger partial charge in [-0.1, -0.05) is 12.1 Å². The van der Waals surface area contributed by atoms with Crippen LogP contribution in [0.15, 0.2) is 29.3 Å². The van der Waals surface area contributed by atoms with Crippen molar-refractivity contribution in [3.8, 4) is 11.4 Å². The lowest BCUT2D eigenvalue weighted by Gasteiger charge is -2.41. The van der Waals surface area contributed by atoms with E-state index in [-0.39, 0.29) is 6.04 Å². The highest BCUT2D eigenvalue weighted by molar-refractivity contribution is 8.00. The zero-order valence-electron chi connectivity index (χ0n) is 22.7. The van der Waals surface area contributed by atoms with Crippen LogP contribution in [-0.2, 0) is 21.2 Å². The first-order chi connectivity index (χ1) is 18.8. The number of nitrogens with zero attached hydrogens (tertiary/aromatic N) is 7. The second-order valence-electron chi connectivity index (χ2n) is 10.9. The van der Waals surface area contributed by atoms with Gasteiger partial charge in [0.25, 0.3) is 0 Å². The van der Waals surface area contributed by atoms with Gasteiger partial charge in [-0.3, -0.25) is 10.00 Å². The van der Waals surface area contributed by atoms with Crippen molar-refractivity contribution >= 4 is 38.5 Å². The second kappa shape index (κ2) is 10.9. The minimum absolute atomic E-state index is 0.0525. The first-order valence-corrected chi connectivity index (χ1v) is 16.2. The lowest BCUT2D eigenvalue weighted by Crippen LogP contribution is -2.58. The molecule has 0 aliphatic carbocycles. The molecular weight excluding hydrogens is 536 g/mol. The number of anilines is 1. The highest BCUT2D eigenvalue weighted by Crippen LogP contribution is 2.43. The Hall–Kier alpha value is -2.29. The Bertz CT molecular complexity index is 1440. The third kappa shape index (κ3) is 5.66. The number of ether oxygens (including phenoxy) is 1. The van der Waals surface area contributed by atoms with E-state index in [2.05, 4.69) is 31.0 Å². The van der Waals surface area contributed by atoms with E-state index in [4.69, 9.17) is 14.7 Å². The van der Waals surface area contributed by atoms with Crippen LogP contribution in [0.25, 0.3) is 22.3 Å². The summed E-state index contributed by atoms with van der Waals surface area (Å²) in [5.41, 5.74) is 3.05. The lowest BCUT2D eigenvalue weighted by molar-refractivity contribution is 0.117. The van der Waals surface area contributed by atoms with E-state index in [1.807, 2.05) is 44.2 Å². The summed E-state index contributed by atoms with van der Waals surface area (Å²) >= 11 is 1.87. The molecule has 3 aliphatic rings. The number of thioether (sulfide) groups is 1. The van der Waals surface area contributed by atoms with Crippen LogP contribution in [0.4, 0.5) is 5.82 Å². The van der Waals surface area contributed by atoms with Gasteiger partial charge in [-0.25, -0.2) is 18.4 Å². The predicted molar refractivity (Wildman–Crippen MR) is 154 cm³/mol. The standard InChI is InChI=1S/C26H36N8O3S2/c1-31(2)15-18-16-32(7-8-34(18)39(3,35)36)17-19-13-23-24(38-19)26(33-9-11-37-12-10-33)29-25(28-23)20-5-4-6-22-21(20)14-27-30-22/h4-6,14,18-19H,7-13,15-17H2,1-3H3,(H,27,30). The van der Waals surface area contributed by atoms with Gasteiger partial charge >= 0.3 is 0 Å². The normalized spacial score (nSPS) is 23.1. The predicted octanol–water partition coefficient (Wildman–Crippen LogP) is 1.38. The van der Waals surface area contributed by atoms with Gasteiger partial charge < -0.3 is 14.5 Å². The van der Waals surface area contributed by atoms with Crippen LogP contribution in [-0.4, -0.2) is 133 Å². The molecule has 39 heavy (non-hydrogen) atoms. The van der Waals surface area contributed by atoms with Gasteiger partial charge in [-0.2, -0.15) is 9.40 Å². The fraction of sp³-hybridized carbons (Fsp3) is 0.577. The number of hydrogen-bond acceptors (Lipinski definition) is 10. The molecule has 2 atom stereocenters. The number of aromatic amines is 1. The molecule has 0 saturated carbocycles. The second-order valence-corrected chi connectivity index (χ2v) is 14.1. The van der Waals surface area contributed by atoms with Crippen molar-refractivity contribution < 1.29 is 13.2 Å². The van der Waals surface area contributed by atoms with Gasteiger partial charge in [0.1, 0.15) is 5.82 Å². The van der Waals surface area contributed by atoms with E-state index in [0.717, 1.165) is 72.9 Å². The molecule has 0 bridgehead atoms. The van der Waals surface area contributed by atoms with Gasteiger partial charge in [0.05, 0.1) is 47.8 Å². The molecule has 1 N–H and O–H groups in total. The molecule has 0 amide bonds. The number of hydrogen-bond donors (Lipinski definition) is 1. The van der Waals surface area contributed by atoms with E-state index in [1.54, 1.807) is 4.31 Å². The lowest BCUT2D eigenvalue weighted by atomic mass is 10.1. The van der Waals surface area contributed by atoms with Crippen LogP contribution in [0.1, 0.15) is 5.69 Å². The molecule has 3 aromatic rings. The number of sulfonamides is 1. The molecule has 2 saturated heterocycles. The van der Waals surface area contributed by atoms with Gasteiger partial charge in [0.2, 0.25) is 10.0 Å². The van der Waals surface area contributed by atoms with Crippen LogP contribution in [0.5, 0.6) is 0 Å². The third-order valence-corrected chi connectivity index (χ3v) is 10.3. The molecule has 0 radical (unpaired) electrons. The molecule has 6 rings (SSSR count). The molecule has 1 aromatic carbocycles. The number of benzene rings is 1. The monoisotopic (exact) mass is 572 g/mol. The van der Waals surface area contributed by atoms with Gasteiger partial charge in [0.15, 0.2) is 5.82 Å². The summed E-state index contributed by atoms with van der Waals surface area (Å²) in [5, 5.41) is 8.64. The highest BCUT2D eigenvalue weighted by atomic mass is 32.2. The van der Waals surface area contributed by atoms with Crippen LogP contribution in [0, 0.1) is 0 Å². The fourth-order valence-corrected chi connectivity index (χ4v) is 8.40. The first kappa shape index (κ1) is 26.9. The molecule has 2 unspecified atom stereocenters. The summed E-state index contributed by atoms with van der Waals surface area (Å²) in [5.74, 6) is 1.73. The Morgan fingerprint density at radius 3 is 2.74 bits per heavy atom.